The van der Waals surface area contributed by atoms with Crippen LogP contribution in [0.5, 0.6) is 0 Å². The van der Waals surface area contributed by atoms with Crippen molar-refractivity contribution in [1.82, 2.24) is 10.3 Å². The molecule has 0 radical (unpaired) electrons. The normalized spacial score (nSPS) is 12.2. The largest absolute Gasteiger partial charge is 0.383 e. The fourth-order valence-electron chi connectivity index (χ4n) is 1.13. The first-order valence-electron chi connectivity index (χ1n) is 4.54. The van der Waals surface area contributed by atoms with Crippen molar-refractivity contribution in [2.45, 2.75) is 13.0 Å². The molecule has 0 bridgehead atoms. The number of halogens is 1. The molecule has 1 amide bonds. The maximum atomic E-state index is 11.7. The number of hydrogen-bond donors (Lipinski definition) is 1. The van der Waals surface area contributed by atoms with Gasteiger partial charge in [-0.25, -0.2) is 0 Å². The van der Waals surface area contributed by atoms with E-state index >= 15 is 0 Å². The number of amides is 1. The Hall–Kier alpha value is -0.940. The van der Waals surface area contributed by atoms with Gasteiger partial charge in [-0.3, -0.25) is 9.78 Å². The highest BCUT2D eigenvalue weighted by molar-refractivity contribution is 9.10. The molecule has 1 rings (SSSR count). The smallest absolute Gasteiger partial charge is 0.253 e. The molecule has 15 heavy (non-hydrogen) atoms. The van der Waals surface area contributed by atoms with E-state index < -0.39 is 0 Å². The first-order chi connectivity index (χ1) is 7.13. The maximum absolute atomic E-state index is 11.7. The fourth-order valence-corrected chi connectivity index (χ4v) is 1.50. The SMILES string of the molecule is COC[C@H](C)NC(=O)c1cncc(Br)c1. The Kier molecular flexibility index (Phi) is 4.71. The lowest BCUT2D eigenvalue weighted by molar-refractivity contribution is 0.0905. The molecule has 0 unspecified atom stereocenters. The van der Waals surface area contributed by atoms with Crippen LogP contribution in [0.15, 0.2) is 22.9 Å². The van der Waals surface area contributed by atoms with Gasteiger partial charge in [-0.1, -0.05) is 0 Å². The lowest BCUT2D eigenvalue weighted by atomic mass is 10.2. The van der Waals surface area contributed by atoms with Crippen LogP contribution in [0.25, 0.3) is 0 Å². The van der Waals surface area contributed by atoms with Crippen molar-refractivity contribution in [2.24, 2.45) is 0 Å². The molecule has 1 aromatic rings. The van der Waals surface area contributed by atoms with Crippen LogP contribution in [-0.4, -0.2) is 30.6 Å². The van der Waals surface area contributed by atoms with Crippen molar-refractivity contribution in [3.05, 3.63) is 28.5 Å². The van der Waals surface area contributed by atoms with E-state index in [0.29, 0.717) is 12.2 Å². The molecule has 0 spiro atoms. The second-order valence-electron chi connectivity index (χ2n) is 3.22. The number of carbonyl (C=O) groups excluding carboxylic acids is 1. The Morgan fingerprint density at radius 1 is 1.67 bits per heavy atom. The van der Waals surface area contributed by atoms with Crippen molar-refractivity contribution in [1.29, 1.82) is 0 Å². The van der Waals surface area contributed by atoms with Gasteiger partial charge in [0, 0.05) is 30.0 Å². The van der Waals surface area contributed by atoms with E-state index in [2.05, 4.69) is 26.2 Å². The zero-order valence-electron chi connectivity index (χ0n) is 8.66. The summed E-state index contributed by atoms with van der Waals surface area (Å²) >= 11 is 3.26. The molecule has 5 heteroatoms. The van der Waals surface area contributed by atoms with Crippen LogP contribution in [0.2, 0.25) is 0 Å². The summed E-state index contributed by atoms with van der Waals surface area (Å²) < 4.78 is 5.71. The molecule has 1 atom stereocenters. The second kappa shape index (κ2) is 5.82. The van der Waals surface area contributed by atoms with Crippen molar-refractivity contribution in [3.8, 4) is 0 Å². The molecule has 0 aliphatic rings. The average Bonchev–Trinajstić information content (AvgIpc) is 2.18. The summed E-state index contributed by atoms with van der Waals surface area (Å²) in [6, 6.07) is 1.71. The van der Waals surface area contributed by atoms with Gasteiger partial charge in [-0.2, -0.15) is 0 Å². The van der Waals surface area contributed by atoms with Crippen LogP contribution in [0.1, 0.15) is 17.3 Å². The molecule has 1 N–H and O–H groups in total. The highest BCUT2D eigenvalue weighted by Crippen LogP contribution is 2.09. The van der Waals surface area contributed by atoms with Gasteiger partial charge in [-0.05, 0) is 28.9 Å². The summed E-state index contributed by atoms with van der Waals surface area (Å²) in [6.45, 7) is 2.37. The zero-order chi connectivity index (χ0) is 11.3. The summed E-state index contributed by atoms with van der Waals surface area (Å²) in [5, 5.41) is 2.80. The van der Waals surface area contributed by atoms with Crippen molar-refractivity contribution in [2.75, 3.05) is 13.7 Å². The monoisotopic (exact) mass is 272 g/mol. The Morgan fingerprint density at radius 3 is 3.00 bits per heavy atom. The Labute approximate surface area is 97.2 Å². The number of rotatable bonds is 4. The minimum atomic E-state index is -0.145. The molecule has 1 heterocycles. The van der Waals surface area contributed by atoms with E-state index in [-0.39, 0.29) is 11.9 Å². The van der Waals surface area contributed by atoms with E-state index in [4.69, 9.17) is 4.74 Å². The van der Waals surface area contributed by atoms with E-state index in [9.17, 15) is 4.79 Å². The van der Waals surface area contributed by atoms with Gasteiger partial charge >= 0.3 is 0 Å². The van der Waals surface area contributed by atoms with Gasteiger partial charge in [0.05, 0.1) is 12.2 Å². The van der Waals surface area contributed by atoms with Crippen LogP contribution in [-0.2, 0) is 4.74 Å². The predicted octanol–water partition coefficient (Wildman–Crippen LogP) is 1.61. The third-order valence-corrected chi connectivity index (χ3v) is 2.19. The summed E-state index contributed by atoms with van der Waals surface area (Å²) in [6.07, 6.45) is 3.16. The molecule has 0 aromatic carbocycles. The van der Waals surface area contributed by atoms with Crippen LogP contribution in [0, 0.1) is 0 Å². The summed E-state index contributed by atoms with van der Waals surface area (Å²) in [5.41, 5.74) is 0.535. The summed E-state index contributed by atoms with van der Waals surface area (Å²) in [4.78, 5) is 15.6. The Balaban J connectivity index is 2.61. The summed E-state index contributed by atoms with van der Waals surface area (Å²) in [7, 11) is 1.60. The van der Waals surface area contributed by atoms with E-state index in [0.717, 1.165) is 4.47 Å². The van der Waals surface area contributed by atoms with Crippen molar-refractivity contribution in [3.63, 3.8) is 0 Å². The van der Waals surface area contributed by atoms with Crippen LogP contribution in [0.3, 0.4) is 0 Å². The minimum Gasteiger partial charge on any atom is -0.383 e. The number of carbonyl (C=O) groups is 1. The molecule has 0 saturated carbocycles. The lowest BCUT2D eigenvalue weighted by Crippen LogP contribution is -2.35. The number of nitrogens with one attached hydrogen (secondary N) is 1. The van der Waals surface area contributed by atoms with Crippen LogP contribution in [0.4, 0.5) is 0 Å². The third kappa shape index (κ3) is 3.97. The average molecular weight is 273 g/mol. The molecule has 1 aromatic heterocycles. The molecule has 0 aliphatic heterocycles. The van der Waals surface area contributed by atoms with Crippen LogP contribution < -0.4 is 5.32 Å². The molecule has 0 saturated heterocycles. The first kappa shape index (κ1) is 12.1. The predicted molar refractivity (Wildman–Crippen MR) is 60.7 cm³/mol. The van der Waals surface area contributed by atoms with Crippen molar-refractivity contribution < 1.29 is 9.53 Å². The number of pyridine rings is 1. The van der Waals surface area contributed by atoms with Gasteiger partial charge in [0.2, 0.25) is 0 Å². The van der Waals surface area contributed by atoms with Gasteiger partial charge < -0.3 is 10.1 Å². The molecular weight excluding hydrogens is 260 g/mol. The zero-order valence-corrected chi connectivity index (χ0v) is 10.2. The molecular formula is C10H13BrN2O2. The lowest BCUT2D eigenvalue weighted by Gasteiger charge is -2.12. The Bertz CT molecular complexity index is 344. The van der Waals surface area contributed by atoms with E-state index in [1.165, 1.54) is 6.20 Å². The van der Waals surface area contributed by atoms with E-state index in [1.54, 1.807) is 19.4 Å². The maximum Gasteiger partial charge on any atom is 0.253 e. The minimum absolute atomic E-state index is 0.0125. The number of hydrogen-bond acceptors (Lipinski definition) is 3. The summed E-state index contributed by atoms with van der Waals surface area (Å²) in [5.74, 6) is -0.145. The van der Waals surface area contributed by atoms with Gasteiger partial charge in [0.15, 0.2) is 0 Å². The highest BCUT2D eigenvalue weighted by atomic mass is 79.9. The fraction of sp³-hybridized carbons (Fsp3) is 0.400. The van der Waals surface area contributed by atoms with Gasteiger partial charge in [0.25, 0.3) is 5.91 Å². The highest BCUT2D eigenvalue weighted by Gasteiger charge is 2.09. The first-order valence-corrected chi connectivity index (χ1v) is 5.33. The Morgan fingerprint density at radius 2 is 2.40 bits per heavy atom. The van der Waals surface area contributed by atoms with Gasteiger partial charge in [0.1, 0.15) is 0 Å². The number of ether oxygens (including phenoxy) is 1. The molecule has 0 aliphatic carbocycles. The number of methoxy groups -OCH3 is 1. The number of aromatic nitrogens is 1. The second-order valence-corrected chi connectivity index (χ2v) is 4.14. The van der Waals surface area contributed by atoms with Crippen molar-refractivity contribution >= 4 is 21.8 Å². The molecule has 82 valence electrons. The molecule has 0 fully saturated rings. The number of nitrogens with zero attached hydrogens (tertiary/aromatic N) is 1. The molecule has 4 nitrogen and oxygen atoms in total. The van der Waals surface area contributed by atoms with E-state index in [1.807, 2.05) is 6.92 Å². The third-order valence-electron chi connectivity index (χ3n) is 1.76. The standard InChI is InChI=1S/C10H13BrN2O2/c1-7(6-15-2)13-10(14)8-3-9(11)5-12-4-8/h3-5,7H,6H2,1-2H3,(H,13,14)/t7-/m0/s1. The topological polar surface area (TPSA) is 51.2 Å². The van der Waals surface area contributed by atoms with Gasteiger partial charge in [-0.15, -0.1) is 0 Å². The quantitative estimate of drug-likeness (QED) is 0.906. The van der Waals surface area contributed by atoms with Crippen LogP contribution >= 0.6 is 15.9 Å².